The molecule has 1 aromatic carbocycles. The molecule has 0 aliphatic rings. The highest BCUT2D eigenvalue weighted by atomic mass is 32.1. The van der Waals surface area contributed by atoms with E-state index in [2.05, 4.69) is 52.5 Å². The highest BCUT2D eigenvalue weighted by molar-refractivity contribution is 7.80. The molecular formula is C16H20N4S. The molecule has 1 heterocycles. The number of hydrogen-bond donors (Lipinski definition) is 2. The Labute approximate surface area is 130 Å². The van der Waals surface area contributed by atoms with E-state index in [0.29, 0.717) is 5.11 Å². The highest BCUT2D eigenvalue weighted by Crippen LogP contribution is 2.17. The number of aryl methyl sites for hydroxylation is 2. The Balaban J connectivity index is 2.19. The van der Waals surface area contributed by atoms with Crippen LogP contribution in [0, 0.1) is 13.8 Å². The minimum absolute atomic E-state index is 0.526. The molecule has 0 amide bonds. The van der Waals surface area contributed by atoms with Crippen molar-refractivity contribution in [2.75, 3.05) is 6.54 Å². The second-order valence-corrected chi connectivity index (χ2v) is 5.23. The summed E-state index contributed by atoms with van der Waals surface area (Å²) in [6.45, 7) is 6.98. The molecule has 0 unspecified atom stereocenters. The molecule has 0 aliphatic heterocycles. The molecule has 2 rings (SSSR count). The lowest BCUT2D eigenvalue weighted by molar-refractivity contribution is 0.902. The maximum atomic E-state index is 5.07. The van der Waals surface area contributed by atoms with Crippen LogP contribution in [0.2, 0.25) is 0 Å². The van der Waals surface area contributed by atoms with Crippen molar-refractivity contribution in [3.8, 4) is 5.69 Å². The number of hydrazone groups is 1. The minimum Gasteiger partial charge on any atom is -0.362 e. The molecule has 110 valence electrons. The quantitative estimate of drug-likeness (QED) is 0.518. The van der Waals surface area contributed by atoms with Crippen LogP contribution in [0.5, 0.6) is 0 Å². The Kier molecular flexibility index (Phi) is 5.11. The lowest BCUT2D eigenvalue weighted by Crippen LogP contribution is -2.31. The van der Waals surface area contributed by atoms with Crippen LogP contribution in [-0.4, -0.2) is 22.4 Å². The van der Waals surface area contributed by atoms with Crippen molar-refractivity contribution < 1.29 is 0 Å². The summed E-state index contributed by atoms with van der Waals surface area (Å²) in [5.74, 6) is 0. The molecule has 0 saturated carbocycles. The van der Waals surface area contributed by atoms with E-state index in [1.165, 1.54) is 11.1 Å². The molecule has 0 fully saturated rings. The Morgan fingerprint density at radius 2 is 2.14 bits per heavy atom. The molecule has 21 heavy (non-hydrogen) atoms. The third kappa shape index (κ3) is 3.92. The smallest absolute Gasteiger partial charge is 0.186 e. The van der Waals surface area contributed by atoms with Gasteiger partial charge in [-0.1, -0.05) is 17.7 Å². The largest absolute Gasteiger partial charge is 0.362 e. The van der Waals surface area contributed by atoms with Gasteiger partial charge in [-0.25, -0.2) is 0 Å². The van der Waals surface area contributed by atoms with E-state index in [1.807, 2.05) is 25.3 Å². The van der Waals surface area contributed by atoms with E-state index in [1.54, 1.807) is 6.21 Å². The van der Waals surface area contributed by atoms with Gasteiger partial charge < -0.3 is 9.88 Å². The fraction of sp³-hybridized carbons (Fsp3) is 0.250. The van der Waals surface area contributed by atoms with Crippen LogP contribution >= 0.6 is 12.2 Å². The maximum absolute atomic E-state index is 5.07. The SMILES string of the molecule is CCNC(=S)N/N=C\c1cccn1-c1ccc(C)cc1C. The second kappa shape index (κ2) is 7.04. The van der Waals surface area contributed by atoms with Gasteiger partial charge in [-0.05, 0) is 56.8 Å². The van der Waals surface area contributed by atoms with Crippen LogP contribution in [-0.2, 0) is 0 Å². The van der Waals surface area contributed by atoms with E-state index in [0.717, 1.165) is 17.9 Å². The van der Waals surface area contributed by atoms with Crippen molar-refractivity contribution in [1.82, 2.24) is 15.3 Å². The van der Waals surface area contributed by atoms with Crippen LogP contribution in [0.15, 0.2) is 41.6 Å². The van der Waals surface area contributed by atoms with Crippen molar-refractivity contribution in [3.05, 3.63) is 53.3 Å². The van der Waals surface area contributed by atoms with Crippen LogP contribution < -0.4 is 10.7 Å². The summed E-state index contributed by atoms with van der Waals surface area (Å²) in [6, 6.07) is 10.4. The first-order valence-electron chi connectivity index (χ1n) is 6.93. The van der Waals surface area contributed by atoms with Crippen molar-refractivity contribution in [1.29, 1.82) is 0 Å². The molecule has 5 heteroatoms. The first kappa shape index (κ1) is 15.3. The van der Waals surface area contributed by atoms with Gasteiger partial charge >= 0.3 is 0 Å². The monoisotopic (exact) mass is 300 g/mol. The van der Waals surface area contributed by atoms with Crippen LogP contribution in [0.4, 0.5) is 0 Å². The molecule has 0 saturated heterocycles. The standard InChI is InChI=1S/C16H20N4S/c1-4-17-16(21)19-18-11-14-6-5-9-20(14)15-8-7-12(2)10-13(15)3/h5-11H,4H2,1-3H3,(H2,17,19,21)/b18-11-. The van der Waals surface area contributed by atoms with Gasteiger partial charge in [0.25, 0.3) is 0 Å². The van der Waals surface area contributed by atoms with E-state index in [9.17, 15) is 0 Å². The first-order chi connectivity index (χ1) is 10.1. The first-order valence-corrected chi connectivity index (χ1v) is 7.34. The molecule has 0 spiro atoms. The minimum atomic E-state index is 0.526. The summed E-state index contributed by atoms with van der Waals surface area (Å²) in [4.78, 5) is 0. The maximum Gasteiger partial charge on any atom is 0.186 e. The number of benzene rings is 1. The number of nitrogens with zero attached hydrogens (tertiary/aromatic N) is 2. The third-order valence-electron chi connectivity index (χ3n) is 3.09. The van der Waals surface area contributed by atoms with Crippen molar-refractivity contribution in [3.63, 3.8) is 0 Å². The fourth-order valence-corrected chi connectivity index (χ4v) is 2.35. The molecule has 1 aromatic heterocycles. The summed E-state index contributed by atoms with van der Waals surface area (Å²) in [7, 11) is 0. The summed E-state index contributed by atoms with van der Waals surface area (Å²) < 4.78 is 2.11. The summed E-state index contributed by atoms with van der Waals surface area (Å²) in [5, 5.41) is 7.68. The highest BCUT2D eigenvalue weighted by Gasteiger charge is 2.04. The van der Waals surface area contributed by atoms with Gasteiger partial charge in [0, 0.05) is 18.4 Å². The lowest BCUT2D eigenvalue weighted by atomic mass is 10.1. The summed E-state index contributed by atoms with van der Waals surface area (Å²) in [5.41, 5.74) is 7.44. The van der Waals surface area contributed by atoms with Crippen LogP contribution in [0.3, 0.4) is 0 Å². The number of aromatic nitrogens is 1. The molecule has 0 atom stereocenters. The van der Waals surface area contributed by atoms with Gasteiger partial charge in [0.15, 0.2) is 5.11 Å². The van der Waals surface area contributed by atoms with Gasteiger partial charge in [-0.2, -0.15) is 5.10 Å². The Morgan fingerprint density at radius 1 is 1.33 bits per heavy atom. The number of thiocarbonyl (C=S) groups is 1. The van der Waals surface area contributed by atoms with Gasteiger partial charge in [0.1, 0.15) is 0 Å². The predicted octanol–water partition coefficient (Wildman–Crippen LogP) is 2.91. The third-order valence-corrected chi connectivity index (χ3v) is 3.33. The number of hydrogen-bond acceptors (Lipinski definition) is 2. The average Bonchev–Trinajstić information content (AvgIpc) is 2.87. The van der Waals surface area contributed by atoms with Crippen molar-refractivity contribution in [2.45, 2.75) is 20.8 Å². The second-order valence-electron chi connectivity index (χ2n) is 4.82. The normalized spacial score (nSPS) is 10.8. The van der Waals surface area contributed by atoms with Gasteiger partial charge in [-0.15, -0.1) is 0 Å². The molecule has 4 nitrogen and oxygen atoms in total. The summed E-state index contributed by atoms with van der Waals surface area (Å²) >= 11 is 5.07. The van der Waals surface area contributed by atoms with E-state index < -0.39 is 0 Å². The zero-order chi connectivity index (χ0) is 15.2. The van der Waals surface area contributed by atoms with Crippen LogP contribution in [0.1, 0.15) is 23.7 Å². The zero-order valence-electron chi connectivity index (χ0n) is 12.6. The molecular weight excluding hydrogens is 280 g/mol. The van der Waals surface area contributed by atoms with E-state index in [4.69, 9.17) is 12.2 Å². The van der Waals surface area contributed by atoms with Gasteiger partial charge in [0.05, 0.1) is 11.9 Å². The number of rotatable bonds is 4. The predicted molar refractivity (Wildman–Crippen MR) is 92.2 cm³/mol. The fourth-order valence-electron chi connectivity index (χ4n) is 2.15. The average molecular weight is 300 g/mol. The molecule has 2 N–H and O–H groups in total. The van der Waals surface area contributed by atoms with Crippen molar-refractivity contribution >= 4 is 23.5 Å². The van der Waals surface area contributed by atoms with Crippen molar-refractivity contribution in [2.24, 2.45) is 5.10 Å². The van der Waals surface area contributed by atoms with Gasteiger partial charge in [0.2, 0.25) is 0 Å². The summed E-state index contributed by atoms with van der Waals surface area (Å²) in [6.07, 6.45) is 3.80. The zero-order valence-corrected chi connectivity index (χ0v) is 13.4. The Hall–Kier alpha value is -2.14. The van der Waals surface area contributed by atoms with Gasteiger partial charge in [-0.3, -0.25) is 5.43 Å². The van der Waals surface area contributed by atoms with E-state index in [-0.39, 0.29) is 0 Å². The molecule has 0 aliphatic carbocycles. The number of nitrogens with one attached hydrogen (secondary N) is 2. The topological polar surface area (TPSA) is 41.4 Å². The lowest BCUT2D eigenvalue weighted by Gasteiger charge is -2.10. The van der Waals surface area contributed by atoms with E-state index >= 15 is 0 Å². The Bertz CT molecular complexity index is 658. The molecule has 0 bridgehead atoms. The molecule has 0 radical (unpaired) electrons. The molecule has 2 aromatic rings. The van der Waals surface area contributed by atoms with Crippen LogP contribution in [0.25, 0.3) is 5.69 Å². The Morgan fingerprint density at radius 3 is 2.86 bits per heavy atom.